The van der Waals surface area contributed by atoms with E-state index in [-0.39, 0.29) is 5.56 Å². The van der Waals surface area contributed by atoms with Gasteiger partial charge in [-0.3, -0.25) is 0 Å². The number of nitrogen functional groups attached to an aromatic ring is 1. The number of nitrogens with one attached hydrogen (secondary N) is 1. The lowest BCUT2D eigenvalue weighted by molar-refractivity contribution is -0.138. The molecule has 0 heterocycles. The van der Waals surface area contributed by atoms with Crippen molar-refractivity contribution in [2.24, 2.45) is 0 Å². The van der Waals surface area contributed by atoms with Gasteiger partial charge >= 0.3 is 6.18 Å². The maximum atomic E-state index is 12.8. The lowest BCUT2D eigenvalue weighted by Gasteiger charge is -2.14. The summed E-state index contributed by atoms with van der Waals surface area (Å²) in [7, 11) is 0. The molecule has 5 heteroatoms. The summed E-state index contributed by atoms with van der Waals surface area (Å²) in [6, 6.07) is 11.4. The van der Waals surface area contributed by atoms with Crippen molar-refractivity contribution < 1.29 is 13.2 Å². The lowest BCUT2D eigenvalue weighted by Crippen LogP contribution is -2.09. The highest BCUT2D eigenvalue weighted by Crippen LogP contribution is 2.33. The maximum absolute atomic E-state index is 12.8. The summed E-state index contributed by atoms with van der Waals surface area (Å²) < 4.78 is 38.4. The van der Waals surface area contributed by atoms with Gasteiger partial charge in [0.25, 0.3) is 0 Å². The number of alkyl halides is 3. The molecule has 3 N–H and O–H groups in total. The SMILES string of the molecule is Cc1ccc(NCc2ccccc2N)cc1C(F)(F)F. The first kappa shape index (κ1) is 14.2. The van der Waals surface area contributed by atoms with Gasteiger partial charge in [-0.25, -0.2) is 0 Å². The molecule has 0 bridgehead atoms. The molecule has 0 unspecified atom stereocenters. The van der Waals surface area contributed by atoms with Crippen molar-refractivity contribution in [1.82, 2.24) is 0 Å². The van der Waals surface area contributed by atoms with Crippen molar-refractivity contribution >= 4 is 11.4 Å². The van der Waals surface area contributed by atoms with Crippen molar-refractivity contribution in [3.05, 3.63) is 59.2 Å². The van der Waals surface area contributed by atoms with E-state index in [1.807, 2.05) is 18.2 Å². The van der Waals surface area contributed by atoms with Crippen LogP contribution in [0.3, 0.4) is 0 Å². The zero-order valence-electron chi connectivity index (χ0n) is 11.0. The number of benzene rings is 2. The molecule has 0 saturated carbocycles. The van der Waals surface area contributed by atoms with E-state index < -0.39 is 11.7 Å². The summed E-state index contributed by atoms with van der Waals surface area (Å²) in [5, 5.41) is 2.96. The Morgan fingerprint density at radius 1 is 1.10 bits per heavy atom. The molecular formula is C15H15F3N2. The molecule has 0 spiro atoms. The predicted molar refractivity (Wildman–Crippen MR) is 74.4 cm³/mol. The molecule has 0 aromatic heterocycles. The molecule has 0 atom stereocenters. The summed E-state index contributed by atoms with van der Waals surface area (Å²) >= 11 is 0. The van der Waals surface area contributed by atoms with Crippen LogP contribution in [0, 0.1) is 6.92 Å². The van der Waals surface area contributed by atoms with Gasteiger partial charge in [-0.05, 0) is 36.2 Å². The molecule has 106 valence electrons. The number of halogens is 3. The minimum Gasteiger partial charge on any atom is -0.398 e. The average Bonchev–Trinajstić information content (AvgIpc) is 2.38. The van der Waals surface area contributed by atoms with Crippen LogP contribution in [0.15, 0.2) is 42.5 Å². The van der Waals surface area contributed by atoms with Crippen LogP contribution in [-0.4, -0.2) is 0 Å². The maximum Gasteiger partial charge on any atom is 0.416 e. The summed E-state index contributed by atoms with van der Waals surface area (Å²) in [6.07, 6.45) is -4.34. The van der Waals surface area contributed by atoms with E-state index in [2.05, 4.69) is 5.32 Å². The standard InChI is InChI=1S/C15H15F3N2/c1-10-6-7-12(8-13(10)15(16,17)18)20-9-11-4-2-3-5-14(11)19/h2-8,20H,9,19H2,1H3. The zero-order chi connectivity index (χ0) is 14.8. The Labute approximate surface area is 115 Å². The normalized spacial score (nSPS) is 11.4. The number of nitrogens with two attached hydrogens (primary N) is 1. The van der Waals surface area contributed by atoms with Gasteiger partial charge in [-0.1, -0.05) is 24.3 Å². The molecule has 0 radical (unpaired) electrons. The molecule has 0 amide bonds. The van der Waals surface area contributed by atoms with E-state index in [4.69, 9.17) is 5.73 Å². The summed E-state index contributed by atoms with van der Waals surface area (Å²) in [5.74, 6) is 0. The molecule has 20 heavy (non-hydrogen) atoms. The van der Waals surface area contributed by atoms with Crippen molar-refractivity contribution in [3.8, 4) is 0 Å². The lowest BCUT2D eigenvalue weighted by atomic mass is 10.1. The fraction of sp³-hybridized carbons (Fsp3) is 0.200. The zero-order valence-corrected chi connectivity index (χ0v) is 11.0. The van der Waals surface area contributed by atoms with Crippen LogP contribution in [0.2, 0.25) is 0 Å². The van der Waals surface area contributed by atoms with Crippen LogP contribution in [0.5, 0.6) is 0 Å². The number of hydrogen-bond donors (Lipinski definition) is 2. The number of aryl methyl sites for hydroxylation is 1. The fourth-order valence-corrected chi connectivity index (χ4v) is 1.93. The van der Waals surface area contributed by atoms with E-state index in [9.17, 15) is 13.2 Å². The van der Waals surface area contributed by atoms with Gasteiger partial charge in [0.1, 0.15) is 0 Å². The monoisotopic (exact) mass is 280 g/mol. The van der Waals surface area contributed by atoms with Crippen LogP contribution in [-0.2, 0) is 12.7 Å². The smallest absolute Gasteiger partial charge is 0.398 e. The third-order valence-corrected chi connectivity index (χ3v) is 3.08. The topological polar surface area (TPSA) is 38.0 Å². The second-order valence-electron chi connectivity index (χ2n) is 4.58. The van der Waals surface area contributed by atoms with Gasteiger partial charge in [-0.15, -0.1) is 0 Å². The molecule has 2 aromatic rings. The van der Waals surface area contributed by atoms with Crippen LogP contribution < -0.4 is 11.1 Å². The largest absolute Gasteiger partial charge is 0.416 e. The Balaban J connectivity index is 2.17. The quantitative estimate of drug-likeness (QED) is 0.827. The van der Waals surface area contributed by atoms with E-state index in [1.165, 1.54) is 13.0 Å². The molecule has 2 rings (SSSR count). The first-order valence-electron chi connectivity index (χ1n) is 6.13. The first-order chi connectivity index (χ1) is 9.38. The summed E-state index contributed by atoms with van der Waals surface area (Å²) in [5.41, 5.74) is 7.26. The van der Waals surface area contributed by atoms with Crippen LogP contribution in [0.25, 0.3) is 0 Å². The van der Waals surface area contributed by atoms with Crippen LogP contribution in [0.1, 0.15) is 16.7 Å². The second-order valence-corrected chi connectivity index (χ2v) is 4.58. The summed E-state index contributed by atoms with van der Waals surface area (Å²) in [6.45, 7) is 1.83. The van der Waals surface area contributed by atoms with E-state index in [0.717, 1.165) is 11.6 Å². The third-order valence-electron chi connectivity index (χ3n) is 3.08. The molecule has 2 aromatic carbocycles. The van der Waals surface area contributed by atoms with Gasteiger partial charge < -0.3 is 11.1 Å². The Morgan fingerprint density at radius 2 is 1.80 bits per heavy atom. The Hall–Kier alpha value is -2.17. The van der Waals surface area contributed by atoms with Gasteiger partial charge in [0.2, 0.25) is 0 Å². The van der Waals surface area contributed by atoms with Gasteiger partial charge in [0.05, 0.1) is 5.56 Å². The highest BCUT2D eigenvalue weighted by atomic mass is 19.4. The van der Waals surface area contributed by atoms with Gasteiger partial charge in [0.15, 0.2) is 0 Å². The molecule has 0 aliphatic carbocycles. The Morgan fingerprint density at radius 3 is 2.45 bits per heavy atom. The highest BCUT2D eigenvalue weighted by Gasteiger charge is 2.32. The number of anilines is 2. The third kappa shape index (κ3) is 3.23. The Bertz CT molecular complexity index is 606. The number of para-hydroxylation sites is 1. The fourth-order valence-electron chi connectivity index (χ4n) is 1.93. The van der Waals surface area contributed by atoms with Crippen molar-refractivity contribution in [2.75, 3.05) is 11.1 Å². The first-order valence-corrected chi connectivity index (χ1v) is 6.13. The molecule has 0 saturated heterocycles. The minimum absolute atomic E-state index is 0.210. The predicted octanol–water partition coefficient (Wildman–Crippen LogP) is 4.21. The van der Waals surface area contributed by atoms with E-state index in [1.54, 1.807) is 12.1 Å². The van der Waals surface area contributed by atoms with Crippen molar-refractivity contribution in [2.45, 2.75) is 19.6 Å². The van der Waals surface area contributed by atoms with Gasteiger partial charge in [0, 0.05) is 17.9 Å². The van der Waals surface area contributed by atoms with Crippen LogP contribution >= 0.6 is 0 Å². The molecule has 0 fully saturated rings. The highest BCUT2D eigenvalue weighted by molar-refractivity contribution is 5.52. The van der Waals surface area contributed by atoms with Gasteiger partial charge in [-0.2, -0.15) is 13.2 Å². The van der Waals surface area contributed by atoms with E-state index >= 15 is 0 Å². The molecule has 0 aliphatic rings. The second kappa shape index (κ2) is 5.45. The minimum atomic E-state index is -4.34. The molecule has 0 aliphatic heterocycles. The number of rotatable bonds is 3. The van der Waals surface area contributed by atoms with Crippen molar-refractivity contribution in [3.63, 3.8) is 0 Å². The van der Waals surface area contributed by atoms with E-state index in [0.29, 0.717) is 17.9 Å². The number of hydrogen-bond acceptors (Lipinski definition) is 2. The Kier molecular flexibility index (Phi) is 3.88. The molecular weight excluding hydrogens is 265 g/mol. The summed E-state index contributed by atoms with van der Waals surface area (Å²) in [4.78, 5) is 0. The average molecular weight is 280 g/mol. The van der Waals surface area contributed by atoms with Crippen LogP contribution in [0.4, 0.5) is 24.5 Å². The van der Waals surface area contributed by atoms with Crippen molar-refractivity contribution in [1.29, 1.82) is 0 Å². The molecule has 2 nitrogen and oxygen atoms in total.